The lowest BCUT2D eigenvalue weighted by Crippen LogP contribution is -2.28. The van der Waals surface area contributed by atoms with Gasteiger partial charge in [0.05, 0.1) is 6.20 Å². The second kappa shape index (κ2) is 4.83. The molecule has 0 fully saturated rings. The van der Waals surface area contributed by atoms with Crippen molar-refractivity contribution >= 4 is 10.0 Å². The molecule has 0 aliphatic rings. The molecule has 0 saturated carbocycles. The van der Waals surface area contributed by atoms with E-state index in [1.165, 1.54) is 18.5 Å². The molecule has 2 rings (SSSR count). The quantitative estimate of drug-likeness (QED) is 0.867. The molecule has 0 spiro atoms. The van der Waals surface area contributed by atoms with Crippen LogP contribution in [0.3, 0.4) is 0 Å². The average Bonchev–Trinajstić information content (AvgIpc) is 2.82. The van der Waals surface area contributed by atoms with Gasteiger partial charge in [-0.1, -0.05) is 0 Å². The van der Waals surface area contributed by atoms with Crippen LogP contribution in [-0.4, -0.2) is 23.6 Å². The van der Waals surface area contributed by atoms with Crippen molar-refractivity contribution in [2.24, 2.45) is 0 Å². The number of rotatable bonds is 4. The van der Waals surface area contributed by atoms with E-state index in [1.54, 1.807) is 13.1 Å². The second-order valence-electron chi connectivity index (χ2n) is 3.66. The predicted octanol–water partition coefficient (Wildman–Crippen LogP) is 0.983. The van der Waals surface area contributed by atoms with Gasteiger partial charge in [0.1, 0.15) is 0 Å². The van der Waals surface area contributed by atoms with Crippen LogP contribution in [0, 0.1) is 5.82 Å². The summed E-state index contributed by atoms with van der Waals surface area (Å²) in [6.07, 6.45) is 4.27. The molecule has 2 N–H and O–H groups in total. The Morgan fingerprint density at radius 1 is 1.50 bits per heavy atom. The van der Waals surface area contributed by atoms with Gasteiger partial charge in [0, 0.05) is 24.0 Å². The lowest BCUT2D eigenvalue weighted by Gasteiger charge is -2.12. The zero-order valence-corrected chi connectivity index (χ0v) is 10.3. The summed E-state index contributed by atoms with van der Waals surface area (Å²) in [4.78, 5) is 3.54. The van der Waals surface area contributed by atoms with Crippen molar-refractivity contribution in [2.75, 3.05) is 0 Å². The molecular weight excluding hydrogens is 259 g/mol. The van der Waals surface area contributed by atoms with Crippen LogP contribution in [0.1, 0.15) is 18.5 Å². The minimum Gasteiger partial charge on any atom is -0.285 e. The third-order valence-corrected chi connectivity index (χ3v) is 3.80. The topological polar surface area (TPSA) is 87.7 Å². The molecule has 0 saturated heterocycles. The van der Waals surface area contributed by atoms with Crippen molar-refractivity contribution in [3.63, 3.8) is 0 Å². The first-order valence-corrected chi connectivity index (χ1v) is 6.60. The number of hydrogen-bond donors (Lipinski definition) is 2. The highest BCUT2D eigenvalue weighted by atomic mass is 32.2. The van der Waals surface area contributed by atoms with Gasteiger partial charge in [0.15, 0.2) is 5.82 Å². The molecule has 0 aliphatic heterocycles. The lowest BCUT2D eigenvalue weighted by molar-refractivity contribution is 0.536. The Morgan fingerprint density at radius 2 is 2.28 bits per heavy atom. The number of nitrogens with one attached hydrogen (secondary N) is 2. The summed E-state index contributed by atoms with van der Waals surface area (Å²) in [5.41, 5.74) is 0.648. The summed E-state index contributed by atoms with van der Waals surface area (Å²) in [5.74, 6) is -0.885. The largest absolute Gasteiger partial charge is 0.285 e. The molecule has 0 bridgehead atoms. The first-order valence-electron chi connectivity index (χ1n) is 5.12. The van der Waals surface area contributed by atoms with Crippen LogP contribution in [0.5, 0.6) is 0 Å². The Bertz CT molecular complexity index is 627. The molecule has 1 atom stereocenters. The first-order chi connectivity index (χ1) is 8.50. The third kappa shape index (κ3) is 2.54. The fraction of sp³-hybridized carbons (Fsp3) is 0.200. The van der Waals surface area contributed by atoms with Crippen LogP contribution in [0.25, 0.3) is 0 Å². The van der Waals surface area contributed by atoms with E-state index in [1.807, 2.05) is 0 Å². The van der Waals surface area contributed by atoms with Gasteiger partial charge in [-0.2, -0.15) is 5.10 Å². The Kier molecular flexibility index (Phi) is 3.39. The Morgan fingerprint density at radius 3 is 2.89 bits per heavy atom. The third-order valence-electron chi connectivity index (χ3n) is 2.33. The van der Waals surface area contributed by atoms with Gasteiger partial charge >= 0.3 is 0 Å². The molecule has 0 aliphatic carbocycles. The molecule has 18 heavy (non-hydrogen) atoms. The minimum atomic E-state index is -3.99. The number of aromatic amines is 1. The standard InChI is InChI=1S/C10H11FN4O2S/c1-7(8-5-13-14-6-8)15-18(16,17)10-9(11)3-2-4-12-10/h2-7,15H,1H3,(H,13,14). The number of aromatic nitrogens is 3. The maximum absolute atomic E-state index is 13.4. The van der Waals surface area contributed by atoms with Gasteiger partial charge in [0.2, 0.25) is 5.03 Å². The van der Waals surface area contributed by atoms with Crippen molar-refractivity contribution in [3.05, 3.63) is 42.1 Å². The van der Waals surface area contributed by atoms with Gasteiger partial charge in [-0.3, -0.25) is 5.10 Å². The molecule has 6 nitrogen and oxygen atoms in total. The maximum atomic E-state index is 13.4. The highest BCUT2D eigenvalue weighted by Gasteiger charge is 2.23. The van der Waals surface area contributed by atoms with Gasteiger partial charge in [-0.05, 0) is 19.1 Å². The van der Waals surface area contributed by atoms with Crippen molar-refractivity contribution in [2.45, 2.75) is 18.0 Å². The van der Waals surface area contributed by atoms with Crippen LogP contribution < -0.4 is 4.72 Å². The zero-order valence-electron chi connectivity index (χ0n) is 9.46. The maximum Gasteiger partial charge on any atom is 0.261 e. The van der Waals surface area contributed by atoms with Crippen LogP contribution >= 0.6 is 0 Å². The number of hydrogen-bond acceptors (Lipinski definition) is 4. The van der Waals surface area contributed by atoms with Gasteiger partial charge in [-0.25, -0.2) is 22.5 Å². The summed E-state index contributed by atoms with van der Waals surface area (Å²) in [6, 6.07) is 1.84. The number of H-pyrrole nitrogens is 1. The van der Waals surface area contributed by atoms with Crippen molar-refractivity contribution in [1.29, 1.82) is 0 Å². The van der Waals surface area contributed by atoms with Gasteiger partial charge in [-0.15, -0.1) is 0 Å². The normalized spacial score (nSPS) is 13.4. The van der Waals surface area contributed by atoms with E-state index < -0.39 is 26.9 Å². The van der Waals surface area contributed by atoms with Crippen LogP contribution in [-0.2, 0) is 10.0 Å². The van der Waals surface area contributed by atoms with E-state index in [0.29, 0.717) is 5.56 Å². The molecule has 2 aromatic heterocycles. The smallest absolute Gasteiger partial charge is 0.261 e. The van der Waals surface area contributed by atoms with Gasteiger partial charge < -0.3 is 0 Å². The zero-order chi connectivity index (χ0) is 13.2. The minimum absolute atomic E-state index is 0.532. The Hall–Kier alpha value is -1.80. The molecule has 2 heterocycles. The van der Waals surface area contributed by atoms with Gasteiger partial charge in [0.25, 0.3) is 10.0 Å². The molecule has 2 aromatic rings. The molecule has 1 unspecified atom stereocenters. The fourth-order valence-electron chi connectivity index (χ4n) is 1.42. The predicted molar refractivity (Wildman–Crippen MR) is 61.5 cm³/mol. The number of nitrogens with zero attached hydrogens (tertiary/aromatic N) is 2. The molecule has 0 amide bonds. The molecule has 96 valence electrons. The van der Waals surface area contributed by atoms with E-state index in [-0.39, 0.29) is 0 Å². The highest BCUT2D eigenvalue weighted by Crippen LogP contribution is 2.16. The number of sulfonamides is 1. The number of halogens is 1. The van der Waals surface area contributed by atoms with Crippen LogP contribution in [0.15, 0.2) is 35.7 Å². The first kappa shape index (κ1) is 12.7. The SMILES string of the molecule is CC(NS(=O)(=O)c1ncccc1F)c1cn[nH]c1. The van der Waals surface area contributed by atoms with Crippen LogP contribution in [0.2, 0.25) is 0 Å². The monoisotopic (exact) mass is 270 g/mol. The van der Waals surface area contributed by atoms with E-state index >= 15 is 0 Å². The Balaban J connectivity index is 2.26. The van der Waals surface area contributed by atoms with Crippen molar-refractivity contribution in [3.8, 4) is 0 Å². The summed E-state index contributed by atoms with van der Waals surface area (Å²) < 4.78 is 39.5. The number of pyridine rings is 1. The molecule has 8 heteroatoms. The van der Waals surface area contributed by atoms with E-state index in [4.69, 9.17) is 0 Å². The lowest BCUT2D eigenvalue weighted by atomic mass is 10.2. The molecular formula is C10H11FN4O2S. The second-order valence-corrected chi connectivity index (χ2v) is 5.29. The van der Waals surface area contributed by atoms with Crippen LogP contribution in [0.4, 0.5) is 4.39 Å². The molecule has 0 aromatic carbocycles. The van der Waals surface area contributed by atoms with Crippen molar-refractivity contribution in [1.82, 2.24) is 19.9 Å². The highest BCUT2D eigenvalue weighted by molar-refractivity contribution is 7.89. The fourth-order valence-corrected chi connectivity index (χ4v) is 2.66. The van der Waals surface area contributed by atoms with E-state index in [9.17, 15) is 12.8 Å². The molecule has 0 radical (unpaired) electrons. The summed E-state index contributed by atoms with van der Waals surface area (Å²) >= 11 is 0. The average molecular weight is 270 g/mol. The van der Waals surface area contributed by atoms with E-state index in [2.05, 4.69) is 19.9 Å². The van der Waals surface area contributed by atoms with E-state index in [0.717, 1.165) is 6.07 Å². The summed E-state index contributed by atoms with van der Waals surface area (Å²) in [7, 11) is -3.99. The summed E-state index contributed by atoms with van der Waals surface area (Å²) in [5, 5.41) is 5.68. The summed E-state index contributed by atoms with van der Waals surface area (Å²) in [6.45, 7) is 1.63. The Labute approximate surface area is 103 Å². The van der Waals surface area contributed by atoms with Crippen molar-refractivity contribution < 1.29 is 12.8 Å².